The summed E-state index contributed by atoms with van der Waals surface area (Å²) in [4.78, 5) is 2.54. The van der Waals surface area contributed by atoms with Crippen LogP contribution in [0.1, 0.15) is 39.2 Å². The second-order valence-electron chi connectivity index (χ2n) is 6.32. The zero-order valence-electron chi connectivity index (χ0n) is 14.7. The van der Waals surface area contributed by atoms with E-state index in [1.54, 1.807) is 13.2 Å². The van der Waals surface area contributed by atoms with Crippen LogP contribution in [0.4, 0.5) is 0 Å². The molecule has 1 fully saturated rings. The molecular weight excluding hydrogens is 312 g/mol. The van der Waals surface area contributed by atoms with Gasteiger partial charge in [-0.2, -0.15) is 0 Å². The second kappa shape index (κ2) is 8.76. The van der Waals surface area contributed by atoms with E-state index in [0.29, 0.717) is 16.8 Å². The average Bonchev–Trinajstić information content (AvgIpc) is 2.96. The first-order valence-corrected chi connectivity index (χ1v) is 8.90. The maximum absolute atomic E-state index is 6.22. The molecule has 130 valence electrons. The van der Waals surface area contributed by atoms with Crippen LogP contribution >= 0.6 is 11.6 Å². The lowest BCUT2D eigenvalue weighted by molar-refractivity contribution is 0.226. The van der Waals surface area contributed by atoms with Crippen molar-refractivity contribution in [2.45, 2.75) is 52.3 Å². The zero-order valence-corrected chi connectivity index (χ0v) is 15.4. The highest BCUT2D eigenvalue weighted by Crippen LogP contribution is 2.35. The molecule has 0 aromatic heterocycles. The highest BCUT2D eigenvalue weighted by atomic mass is 35.5. The summed E-state index contributed by atoms with van der Waals surface area (Å²) in [6.45, 7) is 10.3. The van der Waals surface area contributed by atoms with Crippen molar-refractivity contribution in [3.63, 3.8) is 0 Å². The minimum Gasteiger partial charge on any atom is -0.493 e. The van der Waals surface area contributed by atoms with E-state index >= 15 is 0 Å². The Morgan fingerprint density at radius 2 is 2.17 bits per heavy atom. The van der Waals surface area contributed by atoms with Crippen LogP contribution in [0.25, 0.3) is 0 Å². The SMILES string of the molecule is CCN1CCC[C@@H]1CNCc1cc(Cl)cc(OC)c1OC(C)C. The van der Waals surface area contributed by atoms with Crippen molar-refractivity contribution in [2.75, 3.05) is 26.7 Å². The van der Waals surface area contributed by atoms with E-state index in [-0.39, 0.29) is 6.10 Å². The number of nitrogens with zero attached hydrogens (tertiary/aromatic N) is 1. The van der Waals surface area contributed by atoms with Crippen molar-refractivity contribution in [2.24, 2.45) is 0 Å². The summed E-state index contributed by atoms with van der Waals surface area (Å²) in [5, 5.41) is 4.24. The quantitative estimate of drug-likeness (QED) is 0.782. The minimum absolute atomic E-state index is 0.0919. The molecule has 23 heavy (non-hydrogen) atoms. The molecule has 1 heterocycles. The molecule has 0 unspecified atom stereocenters. The molecule has 2 rings (SSSR count). The molecule has 0 aliphatic carbocycles. The van der Waals surface area contributed by atoms with Crippen LogP contribution in [0, 0.1) is 0 Å². The van der Waals surface area contributed by atoms with Gasteiger partial charge in [-0.1, -0.05) is 18.5 Å². The number of halogens is 1. The summed E-state index contributed by atoms with van der Waals surface area (Å²) < 4.78 is 11.4. The van der Waals surface area contributed by atoms with E-state index in [1.807, 2.05) is 19.9 Å². The van der Waals surface area contributed by atoms with Gasteiger partial charge >= 0.3 is 0 Å². The summed E-state index contributed by atoms with van der Waals surface area (Å²) in [6, 6.07) is 4.40. The molecule has 1 aliphatic rings. The van der Waals surface area contributed by atoms with Crippen LogP contribution < -0.4 is 14.8 Å². The number of rotatable bonds is 8. The molecule has 5 heteroatoms. The van der Waals surface area contributed by atoms with Crippen LogP contribution in [0.3, 0.4) is 0 Å². The molecular formula is C18H29ClN2O2. The van der Waals surface area contributed by atoms with Gasteiger partial charge in [-0.15, -0.1) is 0 Å². The third-order valence-electron chi connectivity index (χ3n) is 4.27. The Morgan fingerprint density at radius 1 is 1.39 bits per heavy atom. The third-order valence-corrected chi connectivity index (χ3v) is 4.49. The standard InChI is InChI=1S/C18H29ClN2O2/c1-5-21-8-6-7-16(21)12-20-11-14-9-15(19)10-17(22-4)18(14)23-13(2)3/h9-10,13,16,20H,5-8,11-12H2,1-4H3/t16-/m1/s1. The van der Waals surface area contributed by atoms with E-state index in [0.717, 1.165) is 30.9 Å². The Bertz CT molecular complexity index is 508. The smallest absolute Gasteiger partial charge is 0.166 e. The lowest BCUT2D eigenvalue weighted by Gasteiger charge is -2.23. The summed E-state index contributed by atoms with van der Waals surface area (Å²) in [5.74, 6) is 1.48. The van der Waals surface area contributed by atoms with E-state index in [2.05, 4.69) is 17.1 Å². The van der Waals surface area contributed by atoms with Gasteiger partial charge in [-0.05, 0) is 45.8 Å². The maximum atomic E-state index is 6.22. The molecule has 1 aliphatic heterocycles. The Morgan fingerprint density at radius 3 is 2.83 bits per heavy atom. The molecule has 1 aromatic rings. The van der Waals surface area contributed by atoms with Crippen LogP contribution in [-0.2, 0) is 6.54 Å². The predicted molar refractivity (Wildman–Crippen MR) is 95.7 cm³/mol. The van der Waals surface area contributed by atoms with Gasteiger partial charge in [0.15, 0.2) is 11.5 Å². The molecule has 1 atom stereocenters. The van der Waals surface area contributed by atoms with Crippen LogP contribution in [-0.4, -0.2) is 43.8 Å². The molecule has 0 bridgehead atoms. The van der Waals surface area contributed by atoms with Crippen LogP contribution in [0.5, 0.6) is 11.5 Å². The Kier molecular flexibility index (Phi) is 7.00. The summed E-state index contributed by atoms with van der Waals surface area (Å²) in [7, 11) is 1.65. The highest BCUT2D eigenvalue weighted by molar-refractivity contribution is 6.30. The molecule has 1 aromatic carbocycles. The van der Waals surface area contributed by atoms with Gasteiger partial charge < -0.3 is 14.8 Å². The zero-order chi connectivity index (χ0) is 16.8. The fraction of sp³-hybridized carbons (Fsp3) is 0.667. The van der Waals surface area contributed by atoms with Crippen molar-refractivity contribution < 1.29 is 9.47 Å². The average molecular weight is 341 g/mol. The summed E-state index contributed by atoms with van der Waals surface area (Å²) >= 11 is 6.22. The van der Waals surface area contributed by atoms with Gasteiger partial charge in [-0.3, -0.25) is 4.90 Å². The van der Waals surface area contributed by atoms with Crippen molar-refractivity contribution >= 4 is 11.6 Å². The number of hydrogen-bond acceptors (Lipinski definition) is 4. The topological polar surface area (TPSA) is 33.7 Å². The first kappa shape index (κ1) is 18.4. The minimum atomic E-state index is 0.0919. The normalized spacial score (nSPS) is 18.6. The van der Waals surface area contributed by atoms with Gasteiger partial charge in [0.25, 0.3) is 0 Å². The predicted octanol–water partition coefficient (Wildman–Crippen LogP) is 3.71. The van der Waals surface area contributed by atoms with Gasteiger partial charge in [0.2, 0.25) is 0 Å². The monoisotopic (exact) mass is 340 g/mol. The fourth-order valence-electron chi connectivity index (χ4n) is 3.19. The van der Waals surface area contributed by atoms with Crippen molar-refractivity contribution in [3.05, 3.63) is 22.7 Å². The number of hydrogen-bond donors (Lipinski definition) is 1. The van der Waals surface area contributed by atoms with E-state index < -0.39 is 0 Å². The van der Waals surface area contributed by atoms with E-state index in [9.17, 15) is 0 Å². The Hall–Kier alpha value is -0.970. The maximum Gasteiger partial charge on any atom is 0.166 e. The molecule has 4 nitrogen and oxygen atoms in total. The van der Waals surface area contributed by atoms with Crippen LogP contribution in [0.2, 0.25) is 5.02 Å². The molecule has 0 spiro atoms. The van der Waals surface area contributed by atoms with Gasteiger partial charge in [0, 0.05) is 35.8 Å². The molecule has 0 radical (unpaired) electrons. The van der Waals surface area contributed by atoms with E-state index in [4.69, 9.17) is 21.1 Å². The van der Waals surface area contributed by atoms with Gasteiger partial charge in [-0.25, -0.2) is 0 Å². The lowest BCUT2D eigenvalue weighted by atomic mass is 10.1. The van der Waals surface area contributed by atoms with Crippen LogP contribution in [0.15, 0.2) is 12.1 Å². The third kappa shape index (κ3) is 5.00. The molecule has 1 N–H and O–H groups in total. The largest absolute Gasteiger partial charge is 0.493 e. The molecule has 1 saturated heterocycles. The van der Waals surface area contributed by atoms with E-state index in [1.165, 1.54) is 19.4 Å². The summed E-state index contributed by atoms with van der Waals surface area (Å²) in [5.41, 5.74) is 1.05. The number of likely N-dealkylation sites (N-methyl/N-ethyl adjacent to an activating group) is 1. The number of ether oxygens (including phenoxy) is 2. The number of benzene rings is 1. The number of nitrogens with one attached hydrogen (secondary N) is 1. The number of likely N-dealkylation sites (tertiary alicyclic amines) is 1. The van der Waals surface area contributed by atoms with Crippen molar-refractivity contribution in [1.82, 2.24) is 10.2 Å². The van der Waals surface area contributed by atoms with Crippen molar-refractivity contribution in [1.29, 1.82) is 0 Å². The Labute approximate surface area is 145 Å². The summed E-state index contributed by atoms with van der Waals surface area (Å²) in [6.07, 6.45) is 2.66. The first-order chi connectivity index (χ1) is 11.0. The molecule has 0 saturated carbocycles. The highest BCUT2D eigenvalue weighted by Gasteiger charge is 2.22. The van der Waals surface area contributed by atoms with Gasteiger partial charge in [0.05, 0.1) is 13.2 Å². The second-order valence-corrected chi connectivity index (χ2v) is 6.75. The first-order valence-electron chi connectivity index (χ1n) is 8.53. The molecule has 0 amide bonds. The van der Waals surface area contributed by atoms with Crippen molar-refractivity contribution in [3.8, 4) is 11.5 Å². The Balaban J connectivity index is 2.04. The van der Waals surface area contributed by atoms with Gasteiger partial charge in [0.1, 0.15) is 0 Å². The lowest BCUT2D eigenvalue weighted by Crippen LogP contribution is -2.37. The fourth-order valence-corrected chi connectivity index (χ4v) is 3.42. The number of methoxy groups -OCH3 is 1.